The number of benzene rings is 1. The Hall–Kier alpha value is -1.09. The number of halogens is 1. The second kappa shape index (κ2) is 5.60. The van der Waals surface area contributed by atoms with Crippen LogP contribution in [0.2, 0.25) is 0 Å². The zero-order chi connectivity index (χ0) is 10.4. The van der Waals surface area contributed by atoms with Gasteiger partial charge in [-0.2, -0.15) is 0 Å². The van der Waals surface area contributed by atoms with Gasteiger partial charge in [-0.05, 0) is 37.1 Å². The molecule has 0 aliphatic heterocycles. The summed E-state index contributed by atoms with van der Waals surface area (Å²) < 4.78 is 12.5. The van der Waals surface area contributed by atoms with Gasteiger partial charge in [0.2, 0.25) is 0 Å². The number of unbranched alkanes of at least 4 members (excludes halogenated alkanes) is 1. The Morgan fingerprint density at radius 3 is 2.57 bits per heavy atom. The van der Waals surface area contributed by atoms with E-state index in [4.69, 9.17) is 0 Å². The third kappa shape index (κ3) is 3.75. The minimum absolute atomic E-state index is 0.265. The van der Waals surface area contributed by atoms with Crippen LogP contribution in [-0.2, 0) is 0 Å². The van der Waals surface area contributed by atoms with Gasteiger partial charge in [0, 0.05) is 5.69 Å². The molecule has 0 radical (unpaired) electrons. The third-order valence-electron chi connectivity index (χ3n) is 2.01. The van der Waals surface area contributed by atoms with Crippen molar-refractivity contribution in [2.75, 3.05) is 5.32 Å². The molecule has 78 valence electrons. The zero-order valence-electron chi connectivity index (χ0n) is 8.33. The van der Waals surface area contributed by atoms with Crippen molar-refractivity contribution >= 4 is 5.69 Å². The van der Waals surface area contributed by atoms with Crippen LogP contribution in [0.15, 0.2) is 24.3 Å². The Kier molecular flexibility index (Phi) is 4.40. The summed E-state index contributed by atoms with van der Waals surface area (Å²) in [4.78, 5) is 0. The summed E-state index contributed by atoms with van der Waals surface area (Å²) in [5, 5.41) is 12.4. The summed E-state index contributed by atoms with van der Waals surface area (Å²) in [6, 6.07) is 5.97. The molecule has 1 unspecified atom stereocenters. The van der Waals surface area contributed by atoms with Crippen molar-refractivity contribution in [2.24, 2.45) is 0 Å². The highest BCUT2D eigenvalue weighted by Crippen LogP contribution is 2.11. The Morgan fingerprint density at radius 1 is 1.36 bits per heavy atom. The van der Waals surface area contributed by atoms with Crippen molar-refractivity contribution in [3.8, 4) is 0 Å². The minimum Gasteiger partial charge on any atom is -0.374 e. The highest BCUT2D eigenvalue weighted by atomic mass is 19.1. The molecular weight excluding hydrogens is 181 g/mol. The number of hydrogen-bond acceptors (Lipinski definition) is 2. The summed E-state index contributed by atoms with van der Waals surface area (Å²) in [7, 11) is 0. The highest BCUT2D eigenvalue weighted by molar-refractivity contribution is 5.43. The smallest absolute Gasteiger partial charge is 0.124 e. The van der Waals surface area contributed by atoms with Gasteiger partial charge in [-0.15, -0.1) is 0 Å². The number of anilines is 1. The molecule has 0 fully saturated rings. The number of rotatable bonds is 5. The van der Waals surface area contributed by atoms with Crippen LogP contribution in [0.25, 0.3) is 0 Å². The van der Waals surface area contributed by atoms with Crippen LogP contribution in [-0.4, -0.2) is 11.3 Å². The normalized spacial score (nSPS) is 12.5. The number of nitrogens with one attached hydrogen (secondary N) is 1. The van der Waals surface area contributed by atoms with Crippen LogP contribution >= 0.6 is 0 Å². The van der Waals surface area contributed by atoms with Crippen molar-refractivity contribution in [1.82, 2.24) is 0 Å². The lowest BCUT2D eigenvalue weighted by atomic mass is 10.2. The van der Waals surface area contributed by atoms with Gasteiger partial charge in [0.15, 0.2) is 0 Å². The lowest BCUT2D eigenvalue weighted by Crippen LogP contribution is -2.18. The van der Waals surface area contributed by atoms with Gasteiger partial charge in [-0.25, -0.2) is 4.39 Å². The van der Waals surface area contributed by atoms with Gasteiger partial charge in [0.25, 0.3) is 0 Å². The summed E-state index contributed by atoms with van der Waals surface area (Å²) in [6.45, 7) is 2.07. The van der Waals surface area contributed by atoms with Crippen LogP contribution in [0.5, 0.6) is 0 Å². The predicted molar refractivity (Wildman–Crippen MR) is 55.6 cm³/mol. The van der Waals surface area contributed by atoms with Crippen LogP contribution in [0.1, 0.15) is 26.2 Å². The van der Waals surface area contributed by atoms with E-state index in [2.05, 4.69) is 12.2 Å². The SMILES string of the molecule is CCCCC(O)Nc1ccc(F)cc1. The molecule has 0 amide bonds. The quantitative estimate of drug-likeness (QED) is 0.711. The topological polar surface area (TPSA) is 32.3 Å². The van der Waals surface area contributed by atoms with Gasteiger partial charge < -0.3 is 10.4 Å². The van der Waals surface area contributed by atoms with Crippen LogP contribution in [0, 0.1) is 5.82 Å². The molecule has 0 spiro atoms. The number of aliphatic hydroxyl groups excluding tert-OH is 1. The Morgan fingerprint density at radius 2 is 2.00 bits per heavy atom. The lowest BCUT2D eigenvalue weighted by molar-refractivity contribution is 0.190. The maximum absolute atomic E-state index is 12.5. The van der Waals surface area contributed by atoms with E-state index in [0.717, 1.165) is 18.5 Å². The molecule has 1 aromatic carbocycles. The Balaban J connectivity index is 2.39. The van der Waals surface area contributed by atoms with E-state index in [1.807, 2.05) is 0 Å². The first-order valence-electron chi connectivity index (χ1n) is 4.92. The molecule has 1 rings (SSSR count). The Labute approximate surface area is 83.8 Å². The second-order valence-electron chi connectivity index (χ2n) is 3.31. The molecule has 0 bridgehead atoms. The van der Waals surface area contributed by atoms with Crippen molar-refractivity contribution in [1.29, 1.82) is 0 Å². The summed E-state index contributed by atoms with van der Waals surface area (Å²) in [5.74, 6) is -0.265. The second-order valence-corrected chi connectivity index (χ2v) is 3.31. The average Bonchev–Trinajstić information content (AvgIpc) is 2.18. The lowest BCUT2D eigenvalue weighted by Gasteiger charge is -2.13. The van der Waals surface area contributed by atoms with Gasteiger partial charge in [-0.3, -0.25) is 0 Å². The van der Waals surface area contributed by atoms with E-state index >= 15 is 0 Å². The largest absolute Gasteiger partial charge is 0.374 e. The van der Waals surface area contributed by atoms with Crippen molar-refractivity contribution in [3.63, 3.8) is 0 Å². The van der Waals surface area contributed by atoms with Crippen molar-refractivity contribution in [3.05, 3.63) is 30.1 Å². The molecule has 0 heterocycles. The molecule has 0 saturated heterocycles. The summed E-state index contributed by atoms with van der Waals surface area (Å²) in [6.07, 6.45) is 2.21. The van der Waals surface area contributed by atoms with E-state index in [1.54, 1.807) is 12.1 Å². The van der Waals surface area contributed by atoms with Gasteiger partial charge in [-0.1, -0.05) is 13.3 Å². The van der Waals surface area contributed by atoms with Gasteiger partial charge in [0.05, 0.1) is 0 Å². The maximum atomic E-state index is 12.5. The minimum atomic E-state index is -0.541. The first kappa shape index (κ1) is 11.0. The molecule has 2 N–H and O–H groups in total. The van der Waals surface area contributed by atoms with Crippen LogP contribution in [0.3, 0.4) is 0 Å². The van der Waals surface area contributed by atoms with E-state index in [1.165, 1.54) is 12.1 Å². The molecule has 0 aliphatic carbocycles. The van der Waals surface area contributed by atoms with Gasteiger partial charge >= 0.3 is 0 Å². The summed E-state index contributed by atoms with van der Waals surface area (Å²) >= 11 is 0. The van der Waals surface area contributed by atoms with E-state index < -0.39 is 6.23 Å². The molecule has 2 nitrogen and oxygen atoms in total. The standard InChI is InChI=1S/C11H16FNO/c1-2-3-4-11(14)13-10-7-5-9(12)6-8-10/h5-8,11,13-14H,2-4H2,1H3. The molecule has 0 saturated carbocycles. The highest BCUT2D eigenvalue weighted by Gasteiger charge is 2.02. The molecule has 1 atom stereocenters. The van der Waals surface area contributed by atoms with E-state index in [0.29, 0.717) is 6.42 Å². The average molecular weight is 197 g/mol. The van der Waals surface area contributed by atoms with Gasteiger partial charge in [0.1, 0.15) is 12.0 Å². The zero-order valence-corrected chi connectivity index (χ0v) is 8.33. The number of hydrogen-bond donors (Lipinski definition) is 2. The monoisotopic (exact) mass is 197 g/mol. The molecule has 0 aliphatic rings. The first-order valence-corrected chi connectivity index (χ1v) is 4.92. The third-order valence-corrected chi connectivity index (χ3v) is 2.01. The molecular formula is C11H16FNO. The Bertz CT molecular complexity index is 260. The number of aliphatic hydroxyl groups is 1. The molecule has 1 aromatic rings. The van der Waals surface area contributed by atoms with Crippen molar-refractivity contribution < 1.29 is 9.50 Å². The van der Waals surface area contributed by atoms with E-state index in [9.17, 15) is 9.50 Å². The fourth-order valence-electron chi connectivity index (χ4n) is 1.21. The molecule has 14 heavy (non-hydrogen) atoms. The first-order chi connectivity index (χ1) is 6.72. The maximum Gasteiger partial charge on any atom is 0.124 e. The summed E-state index contributed by atoms with van der Waals surface area (Å²) in [5.41, 5.74) is 0.745. The van der Waals surface area contributed by atoms with Crippen LogP contribution < -0.4 is 5.32 Å². The molecule has 3 heteroatoms. The van der Waals surface area contributed by atoms with E-state index in [-0.39, 0.29) is 5.82 Å². The van der Waals surface area contributed by atoms with Crippen molar-refractivity contribution in [2.45, 2.75) is 32.4 Å². The van der Waals surface area contributed by atoms with Crippen LogP contribution in [0.4, 0.5) is 10.1 Å². The molecule has 0 aromatic heterocycles. The predicted octanol–water partition coefficient (Wildman–Crippen LogP) is 2.75. The fraction of sp³-hybridized carbons (Fsp3) is 0.455. The fourth-order valence-corrected chi connectivity index (χ4v) is 1.21.